The van der Waals surface area contributed by atoms with Crippen molar-refractivity contribution in [1.29, 1.82) is 0 Å². The molecule has 0 aliphatic carbocycles. The highest BCUT2D eigenvalue weighted by atomic mass is 16.7. The van der Waals surface area contributed by atoms with Crippen molar-refractivity contribution in [3.8, 4) is 5.95 Å². The maximum Gasteiger partial charge on any atom is 0.351 e. The number of rotatable bonds is 3. The highest BCUT2D eigenvalue weighted by molar-refractivity contribution is 5.85. The van der Waals surface area contributed by atoms with Gasteiger partial charge in [-0.05, 0) is 31.1 Å². The Morgan fingerprint density at radius 2 is 1.94 bits per heavy atom. The molecule has 11 nitrogen and oxygen atoms in total. The summed E-state index contributed by atoms with van der Waals surface area (Å²) in [5.41, 5.74) is 2.58. The van der Waals surface area contributed by atoms with E-state index in [-0.39, 0.29) is 23.1 Å². The lowest BCUT2D eigenvalue weighted by Gasteiger charge is -2.39. The molecule has 1 saturated heterocycles. The number of ether oxygens (including phenoxy) is 2. The molecule has 0 amide bonds. The van der Waals surface area contributed by atoms with Gasteiger partial charge < -0.3 is 49.3 Å². The number of H-pyrrole nitrogens is 1. The number of fused-ring (bicyclic) bond motifs is 6. The molecular formula is C25H26N2O9. The Balaban J connectivity index is 1.45. The molecule has 0 spiro atoms. The fraction of sp³-hybridized carbons (Fsp3) is 0.400. The Bertz CT molecular complexity index is 1520. The van der Waals surface area contributed by atoms with Crippen molar-refractivity contribution in [2.45, 2.75) is 50.1 Å². The van der Waals surface area contributed by atoms with E-state index < -0.39 is 42.9 Å². The molecule has 1 unspecified atom stereocenters. The van der Waals surface area contributed by atoms with Crippen molar-refractivity contribution in [3.63, 3.8) is 0 Å². The summed E-state index contributed by atoms with van der Waals surface area (Å²) in [6, 6.07) is 7.60. The lowest BCUT2D eigenvalue weighted by Crippen LogP contribution is -2.60. The van der Waals surface area contributed by atoms with E-state index in [2.05, 4.69) is 4.98 Å². The van der Waals surface area contributed by atoms with E-state index in [1.165, 1.54) is 0 Å². The van der Waals surface area contributed by atoms with Gasteiger partial charge in [0.05, 0.1) is 12.6 Å². The Labute approximate surface area is 203 Å². The third-order valence-electron chi connectivity index (χ3n) is 7.34. The number of hydrogen-bond acceptors (Lipinski definition) is 10. The third kappa shape index (κ3) is 3.28. The van der Waals surface area contributed by atoms with Gasteiger partial charge in [0.25, 0.3) is 5.95 Å². The number of nitrogens with zero attached hydrogens (tertiary/aromatic N) is 1. The van der Waals surface area contributed by atoms with Crippen LogP contribution in [0.4, 0.5) is 0 Å². The van der Waals surface area contributed by atoms with E-state index in [1.807, 2.05) is 30.3 Å². The third-order valence-corrected chi connectivity index (χ3v) is 7.34. The maximum atomic E-state index is 13.0. The Kier molecular flexibility index (Phi) is 5.36. The Morgan fingerprint density at radius 1 is 1.17 bits per heavy atom. The van der Waals surface area contributed by atoms with Gasteiger partial charge in [0.2, 0.25) is 12.2 Å². The highest BCUT2D eigenvalue weighted by Crippen LogP contribution is 2.37. The van der Waals surface area contributed by atoms with E-state index >= 15 is 0 Å². The first-order valence-electron chi connectivity index (χ1n) is 11.7. The molecule has 5 heterocycles. The molecular weight excluding hydrogens is 472 g/mol. The van der Waals surface area contributed by atoms with Crippen LogP contribution in [-0.2, 0) is 11.2 Å². The van der Waals surface area contributed by atoms with Crippen molar-refractivity contribution in [1.82, 2.24) is 9.88 Å². The van der Waals surface area contributed by atoms with Crippen molar-refractivity contribution >= 4 is 22.9 Å². The summed E-state index contributed by atoms with van der Waals surface area (Å²) in [4.78, 5) is 18.1. The summed E-state index contributed by atoms with van der Waals surface area (Å²) >= 11 is 0. The maximum absolute atomic E-state index is 13.0. The minimum Gasteiger partial charge on any atom is -0.494 e. The fourth-order valence-corrected chi connectivity index (χ4v) is 5.40. The topological polar surface area (TPSA) is 169 Å². The van der Waals surface area contributed by atoms with Crippen molar-refractivity contribution in [2.24, 2.45) is 0 Å². The second-order valence-corrected chi connectivity index (χ2v) is 9.35. The predicted molar refractivity (Wildman–Crippen MR) is 125 cm³/mol. The van der Waals surface area contributed by atoms with Gasteiger partial charge in [-0.1, -0.05) is 18.2 Å². The van der Waals surface area contributed by atoms with Gasteiger partial charge in [0.15, 0.2) is 0 Å². The van der Waals surface area contributed by atoms with Gasteiger partial charge in [-0.2, -0.15) is 0 Å². The van der Waals surface area contributed by atoms with Gasteiger partial charge in [0.1, 0.15) is 29.6 Å². The molecule has 3 aliphatic heterocycles. The van der Waals surface area contributed by atoms with Crippen LogP contribution in [0.5, 0.6) is 5.95 Å². The minimum atomic E-state index is -1.67. The summed E-state index contributed by atoms with van der Waals surface area (Å²) in [5, 5.41) is 52.5. The molecule has 0 saturated carbocycles. The summed E-state index contributed by atoms with van der Waals surface area (Å²) in [6.07, 6.45) is -5.03. The smallest absolute Gasteiger partial charge is 0.351 e. The minimum absolute atomic E-state index is 0.00413. The number of aliphatic hydroxyl groups excluding tert-OH is 5. The number of aliphatic hydroxyl groups is 5. The fourth-order valence-electron chi connectivity index (χ4n) is 5.40. The van der Waals surface area contributed by atoms with Gasteiger partial charge in [-0.15, -0.1) is 0 Å². The SMILES string of the molecule is Cc1c(O[C@@H]2O[C@H](CO)[C@@H](O)[C@@H](O)[C@H]2O)oc(=O)c2c1=CC1c3[nH]c4ccccc4c3CCN1C=2O. The molecule has 3 aromatic rings. The molecule has 6 atom stereocenters. The highest BCUT2D eigenvalue weighted by Gasteiger charge is 2.45. The first kappa shape index (κ1) is 23.1. The molecule has 2 aromatic heterocycles. The largest absolute Gasteiger partial charge is 0.494 e. The van der Waals surface area contributed by atoms with E-state index in [4.69, 9.17) is 13.9 Å². The normalized spacial score (nSPS) is 29.4. The van der Waals surface area contributed by atoms with E-state index in [1.54, 1.807) is 11.8 Å². The molecule has 11 heteroatoms. The first-order chi connectivity index (χ1) is 17.3. The van der Waals surface area contributed by atoms with Gasteiger partial charge in [0, 0.05) is 33.9 Å². The average Bonchev–Trinajstić information content (AvgIpc) is 3.26. The second-order valence-electron chi connectivity index (χ2n) is 9.35. The summed E-state index contributed by atoms with van der Waals surface area (Å²) < 4.78 is 16.4. The molecule has 36 heavy (non-hydrogen) atoms. The lowest BCUT2D eigenvalue weighted by atomic mass is 9.94. The van der Waals surface area contributed by atoms with E-state index in [9.17, 15) is 30.3 Å². The van der Waals surface area contributed by atoms with Crippen LogP contribution in [-0.4, -0.2) is 79.3 Å². The first-order valence-corrected chi connectivity index (χ1v) is 11.7. The molecule has 190 valence electrons. The Hall–Kier alpha value is -3.35. The second kappa shape index (κ2) is 8.36. The summed E-state index contributed by atoms with van der Waals surface area (Å²) in [7, 11) is 0. The molecule has 1 fully saturated rings. The number of hydrogen-bond donors (Lipinski definition) is 6. The number of benzene rings is 1. The molecule has 3 aliphatic rings. The van der Waals surface area contributed by atoms with Crippen molar-refractivity contribution in [3.05, 3.63) is 61.9 Å². The summed E-state index contributed by atoms with van der Waals surface area (Å²) in [5.74, 6) is -0.466. The monoisotopic (exact) mass is 498 g/mol. The zero-order valence-corrected chi connectivity index (χ0v) is 19.3. The Morgan fingerprint density at radius 3 is 2.72 bits per heavy atom. The van der Waals surface area contributed by atoms with Crippen LogP contribution in [0.15, 0.2) is 33.5 Å². The zero-order chi connectivity index (χ0) is 25.3. The van der Waals surface area contributed by atoms with Crippen LogP contribution in [0.3, 0.4) is 0 Å². The van der Waals surface area contributed by atoms with Crippen LogP contribution < -0.4 is 20.8 Å². The zero-order valence-electron chi connectivity index (χ0n) is 19.3. The molecule has 1 aromatic carbocycles. The van der Waals surface area contributed by atoms with E-state index in [0.29, 0.717) is 23.7 Å². The van der Waals surface area contributed by atoms with Crippen LogP contribution in [0.1, 0.15) is 22.9 Å². The number of aromatic amines is 1. The van der Waals surface area contributed by atoms with Gasteiger partial charge in [-0.3, -0.25) is 0 Å². The van der Waals surface area contributed by atoms with Crippen molar-refractivity contribution < 1.29 is 39.4 Å². The van der Waals surface area contributed by atoms with Crippen LogP contribution in [0.2, 0.25) is 0 Å². The van der Waals surface area contributed by atoms with E-state index in [0.717, 1.165) is 22.2 Å². The quantitative estimate of drug-likeness (QED) is 0.253. The number of para-hydroxylation sites is 1. The molecule has 6 rings (SSSR count). The van der Waals surface area contributed by atoms with Crippen LogP contribution in [0, 0.1) is 6.92 Å². The molecule has 0 bridgehead atoms. The average molecular weight is 498 g/mol. The predicted octanol–water partition coefficient (Wildman–Crippen LogP) is -1.37. The van der Waals surface area contributed by atoms with Crippen molar-refractivity contribution in [2.75, 3.05) is 13.2 Å². The molecule has 6 N–H and O–H groups in total. The summed E-state index contributed by atoms with van der Waals surface area (Å²) in [6.45, 7) is 1.51. The number of aromatic nitrogens is 1. The number of nitrogens with one attached hydrogen (secondary N) is 1. The lowest BCUT2D eigenvalue weighted by molar-refractivity contribution is -0.280. The van der Waals surface area contributed by atoms with Crippen LogP contribution >= 0.6 is 0 Å². The van der Waals surface area contributed by atoms with Gasteiger partial charge >= 0.3 is 5.63 Å². The standard InChI is InChI=1S/C25H26N2O9/c1-10-13-8-15-18-12(11-4-2-3-5-14(11)26-18)6-7-27(15)22(32)17(13)23(33)35-24(10)36-25-21(31)20(30)19(29)16(9-28)34-25/h2-5,8,15-16,19-21,25-26,28-32H,6-7,9H2,1H3/t15?,16-,19-,20-,21-,25+/m1/s1. The van der Waals surface area contributed by atoms with Crippen LogP contribution in [0.25, 0.3) is 22.9 Å². The molecule has 0 radical (unpaired) electrons. The van der Waals surface area contributed by atoms with Gasteiger partial charge in [-0.25, -0.2) is 4.79 Å².